The third-order valence-electron chi connectivity index (χ3n) is 3.01. The van der Waals surface area contributed by atoms with Crippen molar-refractivity contribution in [1.82, 2.24) is 15.0 Å². The highest BCUT2D eigenvalue weighted by molar-refractivity contribution is 5.57. The summed E-state index contributed by atoms with van der Waals surface area (Å²) < 4.78 is 0. The number of hydrogen-bond donors (Lipinski definition) is 2. The fourth-order valence-electron chi connectivity index (χ4n) is 2.11. The van der Waals surface area contributed by atoms with E-state index in [0.717, 1.165) is 23.5 Å². The van der Waals surface area contributed by atoms with E-state index in [1.165, 1.54) is 0 Å². The highest BCUT2D eigenvalue weighted by Crippen LogP contribution is 2.23. The first-order valence-electron chi connectivity index (χ1n) is 6.36. The van der Waals surface area contributed by atoms with Crippen molar-refractivity contribution in [2.24, 2.45) is 11.7 Å². The van der Waals surface area contributed by atoms with Gasteiger partial charge in [0.1, 0.15) is 5.82 Å². The van der Waals surface area contributed by atoms with Crippen LogP contribution in [0.4, 0.5) is 0 Å². The average molecular weight is 244 g/mol. The second-order valence-corrected chi connectivity index (χ2v) is 4.98. The maximum atomic E-state index is 5.83. The summed E-state index contributed by atoms with van der Waals surface area (Å²) in [5.74, 6) is 1.91. The average Bonchev–Trinajstić information content (AvgIpc) is 2.86. The largest absolute Gasteiger partial charge is 0.342 e. The van der Waals surface area contributed by atoms with Gasteiger partial charge in [0.05, 0.1) is 11.9 Å². The molecule has 2 rings (SSSR count). The first-order valence-corrected chi connectivity index (χ1v) is 6.36. The minimum Gasteiger partial charge on any atom is -0.342 e. The van der Waals surface area contributed by atoms with Gasteiger partial charge in [0, 0.05) is 30.4 Å². The second-order valence-electron chi connectivity index (χ2n) is 4.98. The molecule has 0 aliphatic heterocycles. The Hall–Kier alpha value is -1.68. The molecule has 18 heavy (non-hydrogen) atoms. The summed E-state index contributed by atoms with van der Waals surface area (Å²) in [6.45, 7) is 5.03. The fourth-order valence-corrected chi connectivity index (χ4v) is 2.11. The lowest BCUT2D eigenvalue weighted by Gasteiger charge is -2.14. The smallest absolute Gasteiger partial charge is 0.110 e. The van der Waals surface area contributed by atoms with Gasteiger partial charge in [-0.05, 0) is 24.5 Å². The van der Waals surface area contributed by atoms with E-state index in [1.54, 1.807) is 12.4 Å². The van der Waals surface area contributed by atoms with Crippen molar-refractivity contribution in [3.05, 3.63) is 36.5 Å². The molecule has 4 nitrogen and oxygen atoms in total. The van der Waals surface area contributed by atoms with Crippen molar-refractivity contribution in [1.29, 1.82) is 0 Å². The van der Waals surface area contributed by atoms with E-state index < -0.39 is 0 Å². The highest BCUT2D eigenvalue weighted by atomic mass is 14.9. The van der Waals surface area contributed by atoms with E-state index in [2.05, 4.69) is 28.8 Å². The Bertz CT molecular complexity index is 476. The Balaban J connectivity index is 2.19. The number of H-pyrrole nitrogens is 1. The van der Waals surface area contributed by atoms with E-state index in [4.69, 9.17) is 5.73 Å². The molecule has 0 fully saturated rings. The van der Waals surface area contributed by atoms with Crippen LogP contribution in [0.5, 0.6) is 0 Å². The molecule has 0 aliphatic carbocycles. The van der Waals surface area contributed by atoms with Crippen LogP contribution in [0.3, 0.4) is 0 Å². The highest BCUT2D eigenvalue weighted by Gasteiger charge is 2.15. The van der Waals surface area contributed by atoms with Gasteiger partial charge in [-0.25, -0.2) is 4.98 Å². The Morgan fingerprint density at radius 1 is 1.28 bits per heavy atom. The Labute approximate surface area is 108 Å². The number of nitrogens with one attached hydrogen (secondary N) is 1. The third-order valence-corrected chi connectivity index (χ3v) is 3.01. The lowest BCUT2D eigenvalue weighted by Crippen LogP contribution is -2.15. The number of hydrogen-bond acceptors (Lipinski definition) is 3. The monoisotopic (exact) mass is 244 g/mol. The Kier molecular flexibility index (Phi) is 4.10. The molecule has 1 unspecified atom stereocenters. The molecule has 4 heteroatoms. The lowest BCUT2D eigenvalue weighted by molar-refractivity contribution is 0.490. The van der Waals surface area contributed by atoms with Gasteiger partial charge < -0.3 is 10.7 Å². The summed E-state index contributed by atoms with van der Waals surface area (Å²) in [7, 11) is 0. The molecule has 0 saturated heterocycles. The topological polar surface area (TPSA) is 67.6 Å². The van der Waals surface area contributed by atoms with Crippen LogP contribution >= 0.6 is 0 Å². The van der Waals surface area contributed by atoms with Gasteiger partial charge in [-0.2, -0.15) is 0 Å². The minimum absolute atomic E-state index is 0.306. The number of nitrogens with two attached hydrogens (primary N) is 1. The maximum absolute atomic E-state index is 5.83. The summed E-state index contributed by atoms with van der Waals surface area (Å²) >= 11 is 0. The van der Waals surface area contributed by atoms with Crippen molar-refractivity contribution in [2.45, 2.75) is 26.2 Å². The molecule has 0 radical (unpaired) electrons. The summed E-state index contributed by atoms with van der Waals surface area (Å²) in [4.78, 5) is 11.8. The van der Waals surface area contributed by atoms with E-state index >= 15 is 0 Å². The summed E-state index contributed by atoms with van der Waals surface area (Å²) in [5, 5.41) is 0. The van der Waals surface area contributed by atoms with Gasteiger partial charge >= 0.3 is 0 Å². The van der Waals surface area contributed by atoms with Gasteiger partial charge in [-0.1, -0.05) is 13.8 Å². The van der Waals surface area contributed by atoms with Crippen molar-refractivity contribution in [3.8, 4) is 11.3 Å². The fraction of sp³-hybridized carbons (Fsp3) is 0.429. The maximum Gasteiger partial charge on any atom is 0.110 e. The van der Waals surface area contributed by atoms with Gasteiger partial charge in [0.2, 0.25) is 0 Å². The van der Waals surface area contributed by atoms with Crippen LogP contribution < -0.4 is 5.73 Å². The molecule has 1 atom stereocenters. The molecule has 0 bridgehead atoms. The van der Waals surface area contributed by atoms with Gasteiger partial charge in [-0.3, -0.25) is 4.98 Å². The number of nitrogens with zero attached hydrogens (tertiary/aromatic N) is 2. The van der Waals surface area contributed by atoms with Crippen molar-refractivity contribution >= 4 is 0 Å². The zero-order valence-electron chi connectivity index (χ0n) is 10.9. The number of imidazole rings is 1. The minimum atomic E-state index is 0.306. The number of aromatic nitrogens is 3. The molecule has 96 valence electrons. The Morgan fingerprint density at radius 3 is 2.61 bits per heavy atom. The van der Waals surface area contributed by atoms with E-state index in [-0.39, 0.29) is 0 Å². The first-order chi connectivity index (χ1) is 8.70. The van der Waals surface area contributed by atoms with Crippen molar-refractivity contribution in [2.75, 3.05) is 6.54 Å². The molecule has 2 heterocycles. The van der Waals surface area contributed by atoms with Crippen LogP contribution in [-0.4, -0.2) is 21.5 Å². The van der Waals surface area contributed by atoms with Gasteiger partial charge in [0.15, 0.2) is 0 Å². The van der Waals surface area contributed by atoms with Crippen LogP contribution in [0, 0.1) is 5.92 Å². The predicted octanol–water partition coefficient (Wildman–Crippen LogP) is 2.56. The molecule has 2 aromatic rings. The van der Waals surface area contributed by atoms with E-state index in [1.807, 2.05) is 18.3 Å². The quantitative estimate of drug-likeness (QED) is 0.849. The Morgan fingerprint density at radius 2 is 2.00 bits per heavy atom. The van der Waals surface area contributed by atoms with Crippen LogP contribution in [0.25, 0.3) is 11.3 Å². The number of aromatic amines is 1. The molecule has 3 N–H and O–H groups in total. The van der Waals surface area contributed by atoms with Crippen molar-refractivity contribution < 1.29 is 0 Å². The molecular weight excluding hydrogens is 224 g/mol. The van der Waals surface area contributed by atoms with E-state index in [9.17, 15) is 0 Å². The zero-order valence-corrected chi connectivity index (χ0v) is 10.9. The summed E-state index contributed by atoms with van der Waals surface area (Å²) in [6, 6.07) is 3.94. The van der Waals surface area contributed by atoms with Crippen LogP contribution in [-0.2, 0) is 0 Å². The molecule has 0 saturated carbocycles. The normalized spacial score (nSPS) is 12.9. The molecule has 0 aromatic carbocycles. The molecule has 2 aromatic heterocycles. The second kappa shape index (κ2) is 5.78. The molecule has 0 aliphatic rings. The molecule has 0 spiro atoms. The SMILES string of the molecule is CC(C)CC(CN)c1ncc(-c2ccncc2)[nH]1. The summed E-state index contributed by atoms with van der Waals surface area (Å²) in [5.41, 5.74) is 7.95. The van der Waals surface area contributed by atoms with Gasteiger partial charge in [-0.15, -0.1) is 0 Å². The standard InChI is InChI=1S/C14H20N4/c1-10(2)7-12(8-15)14-17-9-13(18-14)11-3-5-16-6-4-11/h3-6,9-10,12H,7-8,15H2,1-2H3,(H,17,18). The third kappa shape index (κ3) is 2.96. The predicted molar refractivity (Wildman–Crippen MR) is 73.1 cm³/mol. The lowest BCUT2D eigenvalue weighted by atomic mass is 9.97. The summed E-state index contributed by atoms with van der Waals surface area (Å²) in [6.07, 6.45) is 6.49. The van der Waals surface area contributed by atoms with Gasteiger partial charge in [0.25, 0.3) is 0 Å². The van der Waals surface area contributed by atoms with Crippen molar-refractivity contribution in [3.63, 3.8) is 0 Å². The molecule has 0 amide bonds. The zero-order chi connectivity index (χ0) is 13.0. The van der Waals surface area contributed by atoms with E-state index in [0.29, 0.717) is 18.4 Å². The van der Waals surface area contributed by atoms with Crippen LogP contribution in [0.1, 0.15) is 32.0 Å². The van der Waals surface area contributed by atoms with Crippen LogP contribution in [0.2, 0.25) is 0 Å². The number of rotatable bonds is 5. The first kappa shape index (κ1) is 12.8. The molecular formula is C14H20N4. The number of pyridine rings is 1. The van der Waals surface area contributed by atoms with Crippen LogP contribution in [0.15, 0.2) is 30.7 Å².